The second-order valence-electron chi connectivity index (χ2n) is 14.5. The molecular formula is C52H31N3O. The van der Waals surface area contributed by atoms with Crippen molar-refractivity contribution in [2.75, 3.05) is 0 Å². The Balaban J connectivity index is 1.24. The second-order valence-corrected chi connectivity index (χ2v) is 14.5. The number of fused-ring (bicyclic) bond motifs is 13. The summed E-state index contributed by atoms with van der Waals surface area (Å²) in [4.78, 5) is 10.9. The van der Waals surface area contributed by atoms with Crippen LogP contribution in [-0.4, -0.2) is 14.5 Å². The van der Waals surface area contributed by atoms with Crippen LogP contribution >= 0.6 is 0 Å². The molecule has 0 aliphatic rings. The lowest BCUT2D eigenvalue weighted by atomic mass is 9.95. The highest BCUT2D eigenvalue weighted by Crippen LogP contribution is 2.46. The van der Waals surface area contributed by atoms with E-state index in [1.165, 1.54) is 32.3 Å². The van der Waals surface area contributed by atoms with E-state index in [2.05, 4.69) is 180 Å². The van der Waals surface area contributed by atoms with E-state index in [0.29, 0.717) is 5.95 Å². The smallest absolute Gasteiger partial charge is 0.235 e. The topological polar surface area (TPSA) is 43.9 Å². The maximum absolute atomic E-state index is 6.62. The van der Waals surface area contributed by atoms with Crippen LogP contribution < -0.4 is 0 Å². The molecule has 3 heterocycles. The van der Waals surface area contributed by atoms with Crippen molar-refractivity contribution in [1.82, 2.24) is 14.5 Å². The summed E-state index contributed by atoms with van der Waals surface area (Å²) in [6.07, 6.45) is 0. The third kappa shape index (κ3) is 4.53. The lowest BCUT2D eigenvalue weighted by Gasteiger charge is -2.15. The van der Waals surface area contributed by atoms with E-state index in [0.717, 1.165) is 77.4 Å². The number of aromatic nitrogens is 3. The molecule has 56 heavy (non-hydrogen) atoms. The minimum atomic E-state index is 0.620. The Morgan fingerprint density at radius 2 is 0.964 bits per heavy atom. The van der Waals surface area contributed by atoms with E-state index in [4.69, 9.17) is 14.4 Å². The zero-order chi connectivity index (χ0) is 36.7. The largest absolute Gasteiger partial charge is 0.456 e. The van der Waals surface area contributed by atoms with Crippen molar-refractivity contribution < 1.29 is 4.42 Å². The van der Waals surface area contributed by atoms with Crippen LogP contribution in [0.5, 0.6) is 0 Å². The van der Waals surface area contributed by atoms with Gasteiger partial charge in [0.25, 0.3) is 0 Å². The third-order valence-corrected chi connectivity index (χ3v) is 11.4. The fourth-order valence-corrected chi connectivity index (χ4v) is 8.92. The van der Waals surface area contributed by atoms with Gasteiger partial charge in [-0.25, -0.2) is 9.97 Å². The lowest BCUT2D eigenvalue weighted by Crippen LogP contribution is -2.05. The Morgan fingerprint density at radius 3 is 1.70 bits per heavy atom. The molecule has 0 saturated heterocycles. The third-order valence-electron chi connectivity index (χ3n) is 11.4. The van der Waals surface area contributed by atoms with Crippen LogP contribution in [0.2, 0.25) is 0 Å². The van der Waals surface area contributed by atoms with Gasteiger partial charge in [-0.15, -0.1) is 0 Å². The van der Waals surface area contributed by atoms with E-state index >= 15 is 0 Å². The summed E-state index contributed by atoms with van der Waals surface area (Å²) in [5.74, 6) is 0.620. The van der Waals surface area contributed by atoms with Gasteiger partial charge in [0.2, 0.25) is 5.95 Å². The van der Waals surface area contributed by atoms with Gasteiger partial charge in [-0.1, -0.05) is 164 Å². The zero-order valence-corrected chi connectivity index (χ0v) is 30.1. The Kier molecular flexibility index (Phi) is 6.60. The van der Waals surface area contributed by atoms with Crippen LogP contribution in [0.1, 0.15) is 0 Å². The molecule has 0 N–H and O–H groups in total. The molecule has 260 valence electrons. The van der Waals surface area contributed by atoms with E-state index in [1.807, 2.05) is 12.1 Å². The molecule has 12 aromatic rings. The van der Waals surface area contributed by atoms with Gasteiger partial charge in [0.1, 0.15) is 11.2 Å². The molecule has 0 bridgehead atoms. The van der Waals surface area contributed by atoms with Crippen molar-refractivity contribution in [2.45, 2.75) is 0 Å². The molecule has 0 aliphatic heterocycles. The minimum absolute atomic E-state index is 0.620. The quantitative estimate of drug-likeness (QED) is 0.171. The molecule has 0 amide bonds. The predicted molar refractivity (Wildman–Crippen MR) is 232 cm³/mol. The van der Waals surface area contributed by atoms with E-state index in [9.17, 15) is 0 Å². The molecule has 0 fully saturated rings. The average molecular weight is 714 g/mol. The molecule has 4 nitrogen and oxygen atoms in total. The first-order chi connectivity index (χ1) is 27.8. The van der Waals surface area contributed by atoms with Crippen molar-refractivity contribution in [2.24, 2.45) is 0 Å². The van der Waals surface area contributed by atoms with E-state index < -0.39 is 0 Å². The molecule has 0 saturated carbocycles. The molecule has 12 rings (SSSR count). The summed E-state index contributed by atoms with van der Waals surface area (Å²) in [5, 5.41) is 11.7. The summed E-state index contributed by atoms with van der Waals surface area (Å²) in [5.41, 5.74) is 9.82. The van der Waals surface area contributed by atoms with Crippen molar-refractivity contribution >= 4 is 76.1 Å². The van der Waals surface area contributed by atoms with Crippen molar-refractivity contribution in [1.29, 1.82) is 0 Å². The first-order valence-corrected chi connectivity index (χ1v) is 19.0. The lowest BCUT2D eigenvalue weighted by molar-refractivity contribution is 0.669. The normalized spacial score (nSPS) is 11.9. The summed E-state index contributed by atoms with van der Waals surface area (Å²) in [7, 11) is 0. The fourth-order valence-electron chi connectivity index (χ4n) is 8.92. The summed E-state index contributed by atoms with van der Waals surface area (Å²) in [6.45, 7) is 0. The van der Waals surface area contributed by atoms with Gasteiger partial charge >= 0.3 is 0 Å². The number of hydrogen-bond acceptors (Lipinski definition) is 3. The highest BCUT2D eigenvalue weighted by Gasteiger charge is 2.24. The number of furan rings is 1. The standard InChI is InChI=1S/C52H31N3O/c1-3-15-33(16-4-1)44-31-45(34-17-5-2-6-18-34)54-52(53-44)55-50-37(35-26-28-42-47(30-35)56-46-29-27-32-14-7-8-19-36(32)48(42)46)24-13-25-43(50)49-40-22-11-9-20-38(40)39-21-10-12-23-41(39)51(49)55/h1-31H. The van der Waals surface area contributed by atoms with Crippen LogP contribution in [0.25, 0.3) is 116 Å². The molecule has 9 aromatic carbocycles. The Labute approximate surface area is 321 Å². The Morgan fingerprint density at radius 1 is 0.357 bits per heavy atom. The van der Waals surface area contributed by atoms with Gasteiger partial charge in [-0.2, -0.15) is 0 Å². The molecular weight excluding hydrogens is 683 g/mol. The van der Waals surface area contributed by atoms with Gasteiger partial charge in [0.05, 0.1) is 22.4 Å². The molecule has 4 heteroatoms. The first-order valence-electron chi connectivity index (χ1n) is 19.0. The van der Waals surface area contributed by atoms with Crippen LogP contribution in [0.15, 0.2) is 192 Å². The first kappa shape index (κ1) is 30.9. The van der Waals surface area contributed by atoms with Crippen LogP contribution in [0.3, 0.4) is 0 Å². The number of hydrogen-bond donors (Lipinski definition) is 0. The van der Waals surface area contributed by atoms with Crippen molar-refractivity contribution in [3.8, 4) is 39.6 Å². The fraction of sp³-hybridized carbons (Fsp3) is 0. The van der Waals surface area contributed by atoms with E-state index in [-0.39, 0.29) is 0 Å². The highest BCUT2D eigenvalue weighted by molar-refractivity contribution is 6.33. The predicted octanol–water partition coefficient (Wildman–Crippen LogP) is 13.9. The molecule has 0 aliphatic carbocycles. The van der Waals surface area contributed by atoms with Gasteiger partial charge in [-0.3, -0.25) is 4.57 Å². The van der Waals surface area contributed by atoms with Crippen molar-refractivity contribution in [3.63, 3.8) is 0 Å². The maximum Gasteiger partial charge on any atom is 0.235 e. The molecule has 0 atom stereocenters. The second kappa shape index (κ2) is 12.0. The van der Waals surface area contributed by atoms with Gasteiger partial charge in [0.15, 0.2) is 0 Å². The average Bonchev–Trinajstić information content (AvgIpc) is 3.84. The Hall–Kier alpha value is -7.56. The SMILES string of the molecule is c1ccc(-c2cc(-c3ccccc3)nc(-n3c4c(-c5ccc6c(c5)oc5ccc7ccccc7c56)cccc4c4c5ccccc5c5ccccc5c43)n2)cc1. The highest BCUT2D eigenvalue weighted by atomic mass is 16.3. The van der Waals surface area contributed by atoms with Gasteiger partial charge in [0, 0.05) is 43.6 Å². The Bertz CT molecular complexity index is 3470. The molecule has 0 unspecified atom stereocenters. The van der Waals surface area contributed by atoms with Gasteiger partial charge in [-0.05, 0) is 56.8 Å². The molecule has 0 radical (unpaired) electrons. The number of benzene rings is 9. The number of nitrogens with zero attached hydrogens (tertiary/aromatic N) is 3. The van der Waals surface area contributed by atoms with Crippen LogP contribution in [0, 0.1) is 0 Å². The summed E-state index contributed by atoms with van der Waals surface area (Å²) < 4.78 is 8.95. The maximum atomic E-state index is 6.62. The van der Waals surface area contributed by atoms with Crippen molar-refractivity contribution in [3.05, 3.63) is 188 Å². The monoisotopic (exact) mass is 713 g/mol. The minimum Gasteiger partial charge on any atom is -0.456 e. The number of rotatable bonds is 4. The summed E-state index contributed by atoms with van der Waals surface area (Å²) in [6, 6.07) is 66.5. The van der Waals surface area contributed by atoms with Crippen LogP contribution in [0.4, 0.5) is 0 Å². The van der Waals surface area contributed by atoms with Gasteiger partial charge < -0.3 is 4.42 Å². The molecule has 0 spiro atoms. The van der Waals surface area contributed by atoms with E-state index in [1.54, 1.807) is 0 Å². The number of para-hydroxylation sites is 1. The van der Waals surface area contributed by atoms with Crippen LogP contribution in [-0.2, 0) is 0 Å². The summed E-state index contributed by atoms with van der Waals surface area (Å²) >= 11 is 0. The molecule has 3 aromatic heterocycles. The zero-order valence-electron chi connectivity index (χ0n) is 30.1.